The molecule has 2 aromatic heterocycles. The van der Waals surface area contributed by atoms with Crippen LogP contribution in [0.2, 0.25) is 0 Å². The first kappa shape index (κ1) is 15.0. The van der Waals surface area contributed by atoms with E-state index in [1.165, 1.54) is 12.8 Å². The number of benzene rings is 1. The van der Waals surface area contributed by atoms with Crippen LogP contribution in [-0.2, 0) is 13.6 Å². The standard InChI is InChI=1S/C19H22N4O/c1-21(2)16-7-5-4-6-14(16)15-10-11-17-18(20-15)22(3)19(24)23(17)12-13-8-9-13/h4-7,10-11,13H,8-9,12H2,1-3H3. The fourth-order valence-corrected chi connectivity index (χ4v) is 3.24. The summed E-state index contributed by atoms with van der Waals surface area (Å²) >= 11 is 0. The average Bonchev–Trinajstić information content (AvgIpc) is 3.38. The third-order valence-electron chi connectivity index (χ3n) is 4.78. The zero-order valence-electron chi connectivity index (χ0n) is 14.4. The molecule has 0 radical (unpaired) electrons. The number of anilines is 1. The summed E-state index contributed by atoms with van der Waals surface area (Å²) in [4.78, 5) is 19.4. The molecule has 124 valence electrons. The van der Waals surface area contributed by atoms with E-state index >= 15 is 0 Å². The van der Waals surface area contributed by atoms with Gasteiger partial charge in [0.25, 0.3) is 0 Å². The second kappa shape index (κ2) is 5.51. The molecule has 24 heavy (non-hydrogen) atoms. The summed E-state index contributed by atoms with van der Waals surface area (Å²) in [7, 11) is 5.86. The number of rotatable bonds is 4. The number of aryl methyl sites for hydroxylation is 1. The molecule has 0 N–H and O–H groups in total. The van der Waals surface area contributed by atoms with Gasteiger partial charge in [0.1, 0.15) is 0 Å². The Labute approximate surface area is 141 Å². The second-order valence-corrected chi connectivity index (χ2v) is 6.85. The molecule has 0 bridgehead atoms. The number of imidazole rings is 1. The van der Waals surface area contributed by atoms with Crippen LogP contribution in [0.5, 0.6) is 0 Å². The van der Waals surface area contributed by atoms with E-state index in [-0.39, 0.29) is 5.69 Å². The summed E-state index contributed by atoms with van der Waals surface area (Å²) in [5, 5.41) is 0. The predicted molar refractivity (Wildman–Crippen MR) is 97.5 cm³/mol. The first-order chi connectivity index (χ1) is 11.6. The summed E-state index contributed by atoms with van der Waals surface area (Å²) in [6.45, 7) is 0.811. The summed E-state index contributed by atoms with van der Waals surface area (Å²) in [6, 6.07) is 12.3. The first-order valence-corrected chi connectivity index (χ1v) is 8.39. The van der Waals surface area contributed by atoms with E-state index in [0.717, 1.165) is 34.7 Å². The van der Waals surface area contributed by atoms with E-state index in [1.807, 2.05) is 50.0 Å². The van der Waals surface area contributed by atoms with Gasteiger partial charge in [-0.3, -0.25) is 9.13 Å². The monoisotopic (exact) mass is 322 g/mol. The molecule has 5 nitrogen and oxygen atoms in total. The number of hydrogen-bond donors (Lipinski definition) is 0. The minimum absolute atomic E-state index is 0.0300. The lowest BCUT2D eigenvalue weighted by molar-refractivity contribution is 0.609. The maximum absolute atomic E-state index is 12.6. The van der Waals surface area contributed by atoms with Gasteiger partial charge in [-0.2, -0.15) is 0 Å². The van der Waals surface area contributed by atoms with Crippen molar-refractivity contribution in [3.05, 3.63) is 46.9 Å². The van der Waals surface area contributed by atoms with Crippen LogP contribution in [-0.4, -0.2) is 28.2 Å². The van der Waals surface area contributed by atoms with E-state index in [0.29, 0.717) is 5.92 Å². The summed E-state index contributed by atoms with van der Waals surface area (Å²) in [6.07, 6.45) is 2.45. The van der Waals surface area contributed by atoms with Gasteiger partial charge in [-0.1, -0.05) is 18.2 Å². The molecular weight excluding hydrogens is 300 g/mol. The lowest BCUT2D eigenvalue weighted by Gasteiger charge is -2.17. The van der Waals surface area contributed by atoms with Crippen molar-refractivity contribution in [3.8, 4) is 11.3 Å². The van der Waals surface area contributed by atoms with Crippen LogP contribution in [0, 0.1) is 5.92 Å². The van der Waals surface area contributed by atoms with Crippen LogP contribution in [0.4, 0.5) is 5.69 Å². The first-order valence-electron chi connectivity index (χ1n) is 8.39. The molecule has 1 aliphatic carbocycles. The van der Waals surface area contributed by atoms with E-state index in [4.69, 9.17) is 4.98 Å². The van der Waals surface area contributed by atoms with Gasteiger partial charge in [0, 0.05) is 38.9 Å². The molecule has 0 saturated heterocycles. The summed E-state index contributed by atoms with van der Waals surface area (Å²) in [5.41, 5.74) is 4.80. The molecular formula is C19H22N4O. The van der Waals surface area contributed by atoms with E-state index in [1.54, 1.807) is 4.57 Å². The zero-order valence-corrected chi connectivity index (χ0v) is 14.4. The van der Waals surface area contributed by atoms with Crippen LogP contribution < -0.4 is 10.6 Å². The molecule has 1 fully saturated rings. The van der Waals surface area contributed by atoms with Crippen molar-refractivity contribution in [2.45, 2.75) is 19.4 Å². The minimum Gasteiger partial charge on any atom is -0.377 e. The van der Waals surface area contributed by atoms with E-state index < -0.39 is 0 Å². The molecule has 0 spiro atoms. The van der Waals surface area contributed by atoms with Gasteiger partial charge in [-0.25, -0.2) is 9.78 Å². The van der Waals surface area contributed by atoms with Crippen molar-refractivity contribution >= 4 is 16.9 Å². The largest absolute Gasteiger partial charge is 0.377 e. The lowest BCUT2D eigenvalue weighted by atomic mass is 10.1. The van der Waals surface area contributed by atoms with Crippen LogP contribution in [0.15, 0.2) is 41.2 Å². The summed E-state index contributed by atoms with van der Waals surface area (Å²) < 4.78 is 3.54. The van der Waals surface area contributed by atoms with Crippen LogP contribution >= 0.6 is 0 Å². The number of nitrogens with zero attached hydrogens (tertiary/aromatic N) is 4. The summed E-state index contributed by atoms with van der Waals surface area (Å²) in [5.74, 6) is 0.655. The van der Waals surface area contributed by atoms with Crippen molar-refractivity contribution < 1.29 is 0 Å². The zero-order chi connectivity index (χ0) is 16.8. The van der Waals surface area contributed by atoms with E-state index in [9.17, 15) is 4.79 Å². The number of para-hydroxylation sites is 1. The third-order valence-corrected chi connectivity index (χ3v) is 4.78. The molecule has 1 saturated carbocycles. The number of hydrogen-bond acceptors (Lipinski definition) is 3. The quantitative estimate of drug-likeness (QED) is 0.742. The Morgan fingerprint density at radius 3 is 2.62 bits per heavy atom. The Morgan fingerprint density at radius 1 is 1.17 bits per heavy atom. The topological polar surface area (TPSA) is 43.1 Å². The van der Waals surface area contributed by atoms with Crippen molar-refractivity contribution in [1.82, 2.24) is 14.1 Å². The molecule has 0 unspecified atom stereocenters. The molecule has 5 heteroatoms. The molecule has 1 aliphatic rings. The highest BCUT2D eigenvalue weighted by Gasteiger charge is 2.24. The van der Waals surface area contributed by atoms with Gasteiger partial charge in [0.15, 0.2) is 5.65 Å². The van der Waals surface area contributed by atoms with Crippen molar-refractivity contribution in [1.29, 1.82) is 0 Å². The molecule has 0 atom stereocenters. The molecule has 0 amide bonds. The predicted octanol–water partition coefficient (Wildman–Crippen LogP) is 2.88. The van der Waals surface area contributed by atoms with Gasteiger partial charge < -0.3 is 4.90 Å². The van der Waals surface area contributed by atoms with Gasteiger partial charge in [0.2, 0.25) is 0 Å². The van der Waals surface area contributed by atoms with Gasteiger partial charge >= 0.3 is 5.69 Å². The molecule has 3 aromatic rings. The highest BCUT2D eigenvalue weighted by Crippen LogP contribution is 2.32. The number of pyridine rings is 1. The average molecular weight is 322 g/mol. The van der Waals surface area contributed by atoms with Crippen LogP contribution in [0.1, 0.15) is 12.8 Å². The fraction of sp³-hybridized carbons (Fsp3) is 0.368. The normalized spacial score (nSPS) is 14.3. The SMILES string of the molecule is CN(C)c1ccccc1-c1ccc2c(n1)n(C)c(=O)n2CC1CC1. The van der Waals surface area contributed by atoms with Crippen LogP contribution in [0.3, 0.4) is 0 Å². The van der Waals surface area contributed by atoms with Gasteiger partial charge in [-0.05, 0) is 37.0 Å². The van der Waals surface area contributed by atoms with Gasteiger partial charge in [0.05, 0.1) is 11.2 Å². The third kappa shape index (κ3) is 2.40. The van der Waals surface area contributed by atoms with Crippen molar-refractivity contribution in [2.75, 3.05) is 19.0 Å². The number of aromatic nitrogens is 3. The maximum atomic E-state index is 12.6. The number of fused-ring (bicyclic) bond motifs is 1. The fourth-order valence-electron chi connectivity index (χ4n) is 3.24. The van der Waals surface area contributed by atoms with Crippen molar-refractivity contribution in [2.24, 2.45) is 13.0 Å². The van der Waals surface area contributed by atoms with E-state index in [2.05, 4.69) is 17.0 Å². The molecule has 2 heterocycles. The highest BCUT2D eigenvalue weighted by molar-refractivity contribution is 5.81. The Balaban J connectivity index is 1.88. The Hall–Kier alpha value is -2.56. The minimum atomic E-state index is 0.0300. The Morgan fingerprint density at radius 2 is 1.92 bits per heavy atom. The molecule has 1 aromatic carbocycles. The maximum Gasteiger partial charge on any atom is 0.330 e. The Bertz CT molecular complexity index is 963. The van der Waals surface area contributed by atoms with Crippen molar-refractivity contribution in [3.63, 3.8) is 0 Å². The second-order valence-electron chi connectivity index (χ2n) is 6.85. The molecule has 4 rings (SSSR count). The molecule has 0 aliphatic heterocycles. The lowest BCUT2D eigenvalue weighted by Crippen LogP contribution is -2.22. The Kier molecular flexibility index (Phi) is 3.44. The highest BCUT2D eigenvalue weighted by atomic mass is 16.1. The van der Waals surface area contributed by atoms with Gasteiger partial charge in [-0.15, -0.1) is 0 Å². The smallest absolute Gasteiger partial charge is 0.330 e. The van der Waals surface area contributed by atoms with Crippen LogP contribution in [0.25, 0.3) is 22.4 Å².